The number of hydrogen-bond donors (Lipinski definition) is 0. The predicted molar refractivity (Wildman–Crippen MR) is 111 cm³/mol. The summed E-state index contributed by atoms with van der Waals surface area (Å²) in [5.74, 6) is 0.0259. The highest BCUT2D eigenvalue weighted by molar-refractivity contribution is 6.93. The number of esters is 1. The van der Waals surface area contributed by atoms with Crippen molar-refractivity contribution in [1.29, 1.82) is 0 Å². The molecule has 0 N–H and O–H groups in total. The van der Waals surface area contributed by atoms with Crippen LogP contribution in [0.15, 0.2) is 66.2 Å². The third-order valence-electron chi connectivity index (χ3n) is 5.32. The van der Waals surface area contributed by atoms with Gasteiger partial charge in [-0.3, -0.25) is 4.79 Å². The Kier molecular flexibility index (Phi) is 5.47. The van der Waals surface area contributed by atoms with Crippen LogP contribution in [-0.2, 0) is 9.53 Å². The van der Waals surface area contributed by atoms with Crippen LogP contribution in [0.4, 0.5) is 0 Å². The summed E-state index contributed by atoms with van der Waals surface area (Å²) < 4.78 is 5.16. The van der Waals surface area contributed by atoms with Gasteiger partial charge in [-0.1, -0.05) is 91.1 Å². The SMILES string of the molecule is COC(=O)C1C/C(=C(/c2ccccc2)[Si](C)(C)C)CC1c1ccccc1. The van der Waals surface area contributed by atoms with Crippen LogP contribution >= 0.6 is 0 Å². The molecule has 26 heavy (non-hydrogen) atoms. The Morgan fingerprint density at radius 3 is 2.04 bits per heavy atom. The molecule has 0 radical (unpaired) electrons. The van der Waals surface area contributed by atoms with E-state index in [9.17, 15) is 4.79 Å². The lowest BCUT2D eigenvalue weighted by molar-refractivity contribution is -0.145. The van der Waals surface area contributed by atoms with Gasteiger partial charge in [-0.05, 0) is 24.0 Å². The largest absolute Gasteiger partial charge is 0.469 e. The van der Waals surface area contributed by atoms with Crippen LogP contribution in [0.2, 0.25) is 19.6 Å². The van der Waals surface area contributed by atoms with E-state index in [0.29, 0.717) is 0 Å². The molecule has 3 heteroatoms. The van der Waals surface area contributed by atoms with Gasteiger partial charge in [-0.25, -0.2) is 0 Å². The third-order valence-corrected chi connectivity index (χ3v) is 7.46. The molecule has 2 aromatic rings. The average Bonchev–Trinajstić information content (AvgIpc) is 3.06. The monoisotopic (exact) mass is 364 g/mol. The van der Waals surface area contributed by atoms with E-state index in [1.807, 2.05) is 6.07 Å². The van der Waals surface area contributed by atoms with E-state index >= 15 is 0 Å². The Bertz CT molecular complexity index is 788. The molecule has 1 saturated carbocycles. The number of allylic oxidation sites excluding steroid dienone is 1. The fraction of sp³-hybridized carbons (Fsp3) is 0.348. The maximum absolute atomic E-state index is 12.5. The number of methoxy groups -OCH3 is 1. The second kappa shape index (κ2) is 7.63. The van der Waals surface area contributed by atoms with Crippen molar-refractivity contribution in [3.63, 3.8) is 0 Å². The summed E-state index contributed by atoms with van der Waals surface area (Å²) in [5, 5.41) is 1.51. The van der Waals surface area contributed by atoms with Crippen LogP contribution in [0.25, 0.3) is 5.20 Å². The molecule has 2 nitrogen and oxygen atoms in total. The summed E-state index contributed by atoms with van der Waals surface area (Å²) in [5.41, 5.74) is 4.00. The Labute approximate surface area is 157 Å². The van der Waals surface area contributed by atoms with Gasteiger partial charge >= 0.3 is 5.97 Å². The van der Waals surface area contributed by atoms with E-state index in [4.69, 9.17) is 4.74 Å². The summed E-state index contributed by atoms with van der Waals surface area (Å²) in [4.78, 5) is 12.5. The smallest absolute Gasteiger partial charge is 0.309 e. The first-order chi connectivity index (χ1) is 12.4. The molecule has 0 saturated heterocycles. The van der Waals surface area contributed by atoms with Gasteiger partial charge in [-0.15, -0.1) is 0 Å². The van der Waals surface area contributed by atoms with Crippen molar-refractivity contribution >= 4 is 19.2 Å². The van der Waals surface area contributed by atoms with Crippen LogP contribution in [-0.4, -0.2) is 21.2 Å². The van der Waals surface area contributed by atoms with E-state index in [1.165, 1.54) is 29.0 Å². The Morgan fingerprint density at radius 2 is 1.50 bits per heavy atom. The maximum atomic E-state index is 12.5. The van der Waals surface area contributed by atoms with Gasteiger partial charge < -0.3 is 4.74 Å². The summed E-state index contributed by atoms with van der Waals surface area (Å²) in [6.45, 7) is 7.18. The molecule has 136 valence electrons. The first kappa shape index (κ1) is 18.7. The minimum Gasteiger partial charge on any atom is -0.469 e. The van der Waals surface area contributed by atoms with Crippen LogP contribution in [0.1, 0.15) is 29.9 Å². The van der Waals surface area contributed by atoms with Crippen LogP contribution < -0.4 is 0 Å². The molecule has 0 amide bonds. The van der Waals surface area contributed by atoms with Crippen molar-refractivity contribution in [3.05, 3.63) is 77.4 Å². The van der Waals surface area contributed by atoms with Crippen molar-refractivity contribution in [2.45, 2.75) is 38.4 Å². The molecule has 1 aliphatic carbocycles. The number of ether oxygens (including phenoxy) is 1. The quantitative estimate of drug-likeness (QED) is 0.515. The highest BCUT2D eigenvalue weighted by atomic mass is 28.3. The Balaban J connectivity index is 2.09. The zero-order valence-electron chi connectivity index (χ0n) is 16.2. The van der Waals surface area contributed by atoms with Gasteiger partial charge in [0.15, 0.2) is 0 Å². The van der Waals surface area contributed by atoms with Crippen molar-refractivity contribution in [1.82, 2.24) is 0 Å². The molecule has 0 heterocycles. The maximum Gasteiger partial charge on any atom is 0.309 e. The molecular formula is C23H28O2Si. The normalized spacial score (nSPS) is 22.2. The van der Waals surface area contributed by atoms with Crippen LogP contribution in [0, 0.1) is 5.92 Å². The lowest BCUT2D eigenvalue weighted by Crippen LogP contribution is -2.24. The van der Waals surface area contributed by atoms with E-state index < -0.39 is 8.07 Å². The van der Waals surface area contributed by atoms with E-state index in [1.54, 1.807) is 0 Å². The van der Waals surface area contributed by atoms with Gasteiger partial charge in [0.25, 0.3) is 0 Å². The number of hydrogen-bond acceptors (Lipinski definition) is 2. The first-order valence-corrected chi connectivity index (χ1v) is 12.8. The molecule has 3 rings (SSSR count). The summed E-state index contributed by atoms with van der Waals surface area (Å²) >= 11 is 0. The number of carbonyl (C=O) groups is 1. The van der Waals surface area contributed by atoms with Gasteiger partial charge in [0.1, 0.15) is 0 Å². The van der Waals surface area contributed by atoms with Gasteiger partial charge in [0.05, 0.1) is 21.1 Å². The molecule has 0 aromatic heterocycles. The molecule has 1 aliphatic rings. The molecule has 2 unspecified atom stereocenters. The lowest BCUT2D eigenvalue weighted by atomic mass is 9.89. The standard InChI is InChI=1S/C23H28O2Si/c1-25-23(24)21-16-19(15-20(21)17-11-7-5-8-12-17)22(26(2,3)4)18-13-9-6-10-14-18/h5-14,20-21H,15-16H2,1-4H3/b22-19-. The second-order valence-corrected chi connectivity index (χ2v) is 13.1. The van der Waals surface area contributed by atoms with Gasteiger partial charge in [-0.2, -0.15) is 0 Å². The highest BCUT2D eigenvalue weighted by Gasteiger charge is 2.40. The molecule has 0 spiro atoms. The zero-order valence-corrected chi connectivity index (χ0v) is 17.2. The van der Waals surface area contributed by atoms with E-state index in [0.717, 1.165) is 12.8 Å². The Hall–Kier alpha value is -2.13. The van der Waals surface area contributed by atoms with Crippen LogP contribution in [0.5, 0.6) is 0 Å². The number of benzene rings is 2. The highest BCUT2D eigenvalue weighted by Crippen LogP contribution is 2.47. The molecule has 0 bridgehead atoms. The van der Waals surface area contributed by atoms with Gasteiger partial charge in [0.2, 0.25) is 0 Å². The molecule has 2 atom stereocenters. The lowest BCUT2D eigenvalue weighted by Gasteiger charge is -2.25. The predicted octanol–water partition coefficient (Wildman–Crippen LogP) is 5.68. The second-order valence-electron chi connectivity index (χ2n) is 8.15. The molecule has 0 aliphatic heterocycles. The molecular weight excluding hydrogens is 336 g/mol. The Morgan fingerprint density at radius 1 is 0.923 bits per heavy atom. The molecule has 1 fully saturated rings. The average molecular weight is 365 g/mol. The summed E-state index contributed by atoms with van der Waals surface area (Å²) in [6, 6.07) is 21.1. The summed E-state index contributed by atoms with van der Waals surface area (Å²) in [6.07, 6.45) is 1.75. The van der Waals surface area contributed by atoms with Crippen molar-refractivity contribution in [3.8, 4) is 0 Å². The number of rotatable bonds is 4. The first-order valence-electron chi connectivity index (χ1n) is 9.32. The van der Waals surface area contributed by atoms with E-state index in [2.05, 4.69) is 74.2 Å². The van der Waals surface area contributed by atoms with Crippen molar-refractivity contribution in [2.75, 3.05) is 7.11 Å². The van der Waals surface area contributed by atoms with Crippen molar-refractivity contribution < 1.29 is 9.53 Å². The minimum atomic E-state index is -1.57. The fourth-order valence-corrected chi connectivity index (χ4v) is 6.62. The van der Waals surface area contributed by atoms with Crippen LogP contribution in [0.3, 0.4) is 0 Å². The topological polar surface area (TPSA) is 26.3 Å². The summed E-state index contributed by atoms with van der Waals surface area (Å²) in [7, 11) is -0.0674. The molecule has 2 aromatic carbocycles. The number of carbonyl (C=O) groups excluding carboxylic acids is 1. The van der Waals surface area contributed by atoms with Crippen molar-refractivity contribution in [2.24, 2.45) is 5.92 Å². The minimum absolute atomic E-state index is 0.0863. The third kappa shape index (κ3) is 3.83. The zero-order chi connectivity index (χ0) is 18.7. The van der Waals surface area contributed by atoms with Gasteiger partial charge in [0, 0.05) is 5.92 Å². The fourth-order valence-electron chi connectivity index (χ4n) is 4.32. The van der Waals surface area contributed by atoms with E-state index in [-0.39, 0.29) is 17.8 Å².